The van der Waals surface area contributed by atoms with Crippen LogP contribution in [0.25, 0.3) is 0 Å². The van der Waals surface area contributed by atoms with E-state index in [1.54, 1.807) is 6.08 Å². The molecule has 4 aliphatic carbocycles. The Hall–Kier alpha value is -1.01. The molecule has 0 aromatic carbocycles. The van der Waals surface area contributed by atoms with Crippen LogP contribution in [0.3, 0.4) is 0 Å². The van der Waals surface area contributed by atoms with Crippen LogP contribution in [-0.4, -0.2) is 45.7 Å². The normalized spacial score (nSPS) is 58.2. The van der Waals surface area contributed by atoms with Crippen LogP contribution in [0.1, 0.15) is 33.1 Å². The van der Waals surface area contributed by atoms with Crippen molar-refractivity contribution < 1.29 is 24.9 Å². The average molecular weight is 346 g/mol. The minimum atomic E-state index is -1.84. The van der Waals surface area contributed by atoms with E-state index in [9.17, 15) is 20.1 Å². The minimum absolute atomic E-state index is 0.0369. The summed E-state index contributed by atoms with van der Waals surface area (Å²) in [5, 5.41) is 33.9. The van der Waals surface area contributed by atoms with Crippen LogP contribution in [-0.2, 0) is 9.53 Å². The Morgan fingerprint density at radius 1 is 1.28 bits per heavy atom. The highest BCUT2D eigenvalue weighted by molar-refractivity contribution is 5.97. The highest BCUT2D eigenvalue weighted by atomic mass is 16.6. The Bertz CT molecular complexity index is 726. The van der Waals surface area contributed by atoms with Crippen LogP contribution in [0.2, 0.25) is 0 Å². The van der Waals surface area contributed by atoms with E-state index < -0.39 is 40.2 Å². The van der Waals surface area contributed by atoms with Gasteiger partial charge < -0.3 is 20.1 Å². The molecule has 5 heteroatoms. The number of hydrogen-bond donors (Lipinski definition) is 3. The molecule has 4 bridgehead atoms. The fourth-order valence-electron chi connectivity index (χ4n) is 7.41. The number of ether oxygens (including phenoxy) is 1. The molecule has 5 nitrogen and oxygen atoms in total. The lowest BCUT2D eigenvalue weighted by atomic mass is 9.37. The van der Waals surface area contributed by atoms with Gasteiger partial charge in [-0.1, -0.05) is 26.5 Å². The van der Waals surface area contributed by atoms with Gasteiger partial charge in [0.15, 0.2) is 5.78 Å². The molecule has 2 saturated heterocycles. The minimum Gasteiger partial charge on any atom is -0.388 e. The van der Waals surface area contributed by atoms with E-state index >= 15 is 0 Å². The monoisotopic (exact) mass is 346 g/mol. The first kappa shape index (κ1) is 16.2. The van der Waals surface area contributed by atoms with Gasteiger partial charge in [-0.05, 0) is 48.2 Å². The first-order valence-corrected chi connectivity index (χ1v) is 9.28. The summed E-state index contributed by atoms with van der Waals surface area (Å²) in [6, 6.07) is 0. The molecule has 2 heterocycles. The van der Waals surface area contributed by atoms with E-state index in [0.717, 1.165) is 12.8 Å². The maximum Gasteiger partial charge on any atom is 0.201 e. The molecular weight excluding hydrogens is 320 g/mol. The highest BCUT2D eigenvalue weighted by Gasteiger charge is 2.83. The third-order valence-electron chi connectivity index (χ3n) is 8.39. The second kappa shape index (κ2) is 4.28. The van der Waals surface area contributed by atoms with Gasteiger partial charge in [-0.15, -0.1) is 0 Å². The molecule has 0 radical (unpaired) electrons. The predicted molar refractivity (Wildman–Crippen MR) is 89.2 cm³/mol. The number of carbonyl (C=O) groups excluding carboxylic acids is 1. The van der Waals surface area contributed by atoms with Crippen molar-refractivity contribution in [3.8, 4) is 0 Å². The van der Waals surface area contributed by atoms with Crippen molar-refractivity contribution >= 4 is 5.78 Å². The Balaban J connectivity index is 1.81. The standard InChI is InChI=1S/C20H26O5/c1-10-11-4-5-12-18-9-25-20(24,19(12,8-11)15(10)22)16(23)14(18)17(2,3)7-6-13(18)21/h6-7,11-12,14-16,22-24H,1,4-5,8-9H2,2-3H3/t11-,12+,14-,15+,16+,18-,19+,20-/m1/s1. The number of carbonyl (C=O) groups is 1. The van der Waals surface area contributed by atoms with Crippen molar-refractivity contribution in [2.24, 2.45) is 34.0 Å². The second-order valence-corrected chi connectivity index (χ2v) is 9.52. The molecule has 2 aliphatic heterocycles. The zero-order valence-corrected chi connectivity index (χ0v) is 14.7. The summed E-state index contributed by atoms with van der Waals surface area (Å²) in [6.45, 7) is 8.16. The molecule has 8 atom stereocenters. The molecule has 3 N–H and O–H groups in total. The molecule has 0 aromatic rings. The van der Waals surface area contributed by atoms with Crippen molar-refractivity contribution in [1.29, 1.82) is 0 Å². The van der Waals surface area contributed by atoms with Crippen LogP contribution >= 0.6 is 0 Å². The van der Waals surface area contributed by atoms with E-state index in [1.165, 1.54) is 0 Å². The number of allylic oxidation sites excluding steroid dienone is 2. The molecule has 0 aromatic heterocycles. The molecular formula is C20H26O5. The molecule has 25 heavy (non-hydrogen) atoms. The summed E-state index contributed by atoms with van der Waals surface area (Å²) in [5.41, 5.74) is -1.66. The molecule has 2 spiro atoms. The summed E-state index contributed by atoms with van der Waals surface area (Å²) in [7, 11) is 0. The van der Waals surface area contributed by atoms with Crippen LogP contribution in [0, 0.1) is 34.0 Å². The van der Waals surface area contributed by atoms with E-state index in [0.29, 0.717) is 12.0 Å². The van der Waals surface area contributed by atoms with E-state index in [1.807, 2.05) is 19.9 Å². The summed E-state index contributed by atoms with van der Waals surface area (Å²) < 4.78 is 5.86. The number of aliphatic hydroxyl groups is 3. The van der Waals surface area contributed by atoms with Crippen molar-refractivity contribution in [3.05, 3.63) is 24.3 Å². The zero-order valence-electron chi connectivity index (χ0n) is 14.7. The maximum absolute atomic E-state index is 13.2. The Labute approximate surface area is 147 Å². The highest BCUT2D eigenvalue weighted by Crippen LogP contribution is 2.76. The SMILES string of the molecule is C=C1[C@@H]2CC[C@H]3[C@@]45CO[C@](O)([C@@H](O)[C@@H]4C(C)(C)C=CC5=O)[C@]3(C2)[C@H]1O. The van der Waals surface area contributed by atoms with Crippen LogP contribution in [0.4, 0.5) is 0 Å². The second-order valence-electron chi connectivity index (χ2n) is 9.52. The number of hydrogen-bond acceptors (Lipinski definition) is 5. The fraction of sp³-hybridized carbons (Fsp3) is 0.750. The topological polar surface area (TPSA) is 87.0 Å². The first-order chi connectivity index (χ1) is 11.6. The van der Waals surface area contributed by atoms with E-state index in [2.05, 4.69) is 6.58 Å². The third-order valence-corrected chi connectivity index (χ3v) is 8.39. The summed E-state index contributed by atoms with van der Waals surface area (Å²) >= 11 is 0. The van der Waals surface area contributed by atoms with E-state index in [-0.39, 0.29) is 24.2 Å². The third kappa shape index (κ3) is 1.40. The molecule has 3 saturated carbocycles. The predicted octanol–water partition coefficient (Wildman–Crippen LogP) is 1.18. The summed E-state index contributed by atoms with van der Waals surface area (Å²) in [5.74, 6) is -2.41. The van der Waals surface area contributed by atoms with Crippen LogP contribution < -0.4 is 0 Å². The van der Waals surface area contributed by atoms with Crippen LogP contribution in [0.5, 0.6) is 0 Å². The first-order valence-electron chi connectivity index (χ1n) is 9.28. The lowest BCUT2D eigenvalue weighted by molar-refractivity contribution is -0.441. The lowest BCUT2D eigenvalue weighted by Gasteiger charge is -2.72. The van der Waals surface area contributed by atoms with Gasteiger partial charge in [-0.25, -0.2) is 0 Å². The molecule has 0 unspecified atom stereocenters. The molecule has 5 fully saturated rings. The Kier molecular flexibility index (Phi) is 2.77. The van der Waals surface area contributed by atoms with Crippen molar-refractivity contribution in [3.63, 3.8) is 0 Å². The van der Waals surface area contributed by atoms with Crippen LogP contribution in [0.15, 0.2) is 24.3 Å². The van der Waals surface area contributed by atoms with Gasteiger partial charge in [0.25, 0.3) is 0 Å². The van der Waals surface area contributed by atoms with Gasteiger partial charge in [0.2, 0.25) is 5.79 Å². The van der Waals surface area contributed by atoms with Gasteiger partial charge in [-0.3, -0.25) is 4.79 Å². The number of ketones is 1. The average Bonchev–Trinajstić information content (AvgIpc) is 2.75. The maximum atomic E-state index is 13.2. The van der Waals surface area contributed by atoms with Crippen molar-refractivity contribution in [1.82, 2.24) is 0 Å². The molecule has 136 valence electrons. The van der Waals surface area contributed by atoms with Gasteiger partial charge in [0.05, 0.1) is 23.5 Å². The van der Waals surface area contributed by atoms with Gasteiger partial charge >= 0.3 is 0 Å². The number of fused-ring (bicyclic) bond motifs is 2. The van der Waals surface area contributed by atoms with Gasteiger partial charge in [0.1, 0.15) is 6.10 Å². The smallest absolute Gasteiger partial charge is 0.201 e. The molecule has 6 aliphatic rings. The largest absolute Gasteiger partial charge is 0.388 e. The Morgan fingerprint density at radius 2 is 2.00 bits per heavy atom. The fourth-order valence-corrected chi connectivity index (χ4v) is 7.41. The Morgan fingerprint density at radius 3 is 2.72 bits per heavy atom. The van der Waals surface area contributed by atoms with Gasteiger partial charge in [-0.2, -0.15) is 0 Å². The van der Waals surface area contributed by atoms with Gasteiger partial charge in [0, 0.05) is 5.92 Å². The number of rotatable bonds is 0. The summed E-state index contributed by atoms with van der Waals surface area (Å²) in [4.78, 5) is 13.2. The molecule has 0 amide bonds. The van der Waals surface area contributed by atoms with E-state index in [4.69, 9.17) is 4.74 Å². The quantitative estimate of drug-likeness (QED) is 0.574. The van der Waals surface area contributed by atoms with Crippen molar-refractivity contribution in [2.75, 3.05) is 6.61 Å². The van der Waals surface area contributed by atoms with Crippen molar-refractivity contribution in [2.45, 2.75) is 51.1 Å². The number of aliphatic hydroxyl groups excluding tert-OH is 2. The summed E-state index contributed by atoms with van der Waals surface area (Å²) in [6.07, 6.45) is 3.42. The lowest BCUT2D eigenvalue weighted by Crippen LogP contribution is -2.83. The molecule has 6 rings (SSSR count). The zero-order chi connectivity index (χ0) is 18.0.